The zero-order chi connectivity index (χ0) is 13.5. The Morgan fingerprint density at radius 2 is 2.06 bits per heavy atom. The Hall–Kier alpha value is -2.15. The summed E-state index contributed by atoms with van der Waals surface area (Å²) in [5, 5.41) is 9.10. The summed E-state index contributed by atoms with van der Waals surface area (Å²) in [4.78, 5) is 0. The minimum Gasteiger partial charge on any atom is -0.497 e. The minimum atomic E-state index is 0.471. The summed E-state index contributed by atoms with van der Waals surface area (Å²) in [5.74, 6) is 1.30. The SMILES string of the molecule is CCC/C(C#N)=C(/N)c1ccc(OC)cc1OC. The summed E-state index contributed by atoms with van der Waals surface area (Å²) in [7, 11) is 3.16. The minimum absolute atomic E-state index is 0.471. The van der Waals surface area contributed by atoms with Crippen LogP contribution in [0.3, 0.4) is 0 Å². The van der Waals surface area contributed by atoms with Crippen LogP contribution in [0.25, 0.3) is 5.70 Å². The smallest absolute Gasteiger partial charge is 0.131 e. The Morgan fingerprint density at radius 3 is 2.56 bits per heavy atom. The summed E-state index contributed by atoms with van der Waals surface area (Å²) >= 11 is 0. The molecule has 0 fully saturated rings. The molecule has 1 rings (SSSR count). The van der Waals surface area contributed by atoms with Gasteiger partial charge in [-0.05, 0) is 18.6 Å². The second kappa shape index (κ2) is 6.55. The predicted octanol–water partition coefficient (Wildman–Crippen LogP) is 2.70. The van der Waals surface area contributed by atoms with Gasteiger partial charge >= 0.3 is 0 Å². The number of methoxy groups -OCH3 is 2. The van der Waals surface area contributed by atoms with Gasteiger partial charge in [-0.15, -0.1) is 0 Å². The Labute approximate surface area is 108 Å². The molecule has 96 valence electrons. The van der Waals surface area contributed by atoms with Crippen LogP contribution in [0.1, 0.15) is 25.3 Å². The van der Waals surface area contributed by atoms with Crippen LogP contribution in [0, 0.1) is 11.3 Å². The normalized spacial score (nSPS) is 11.4. The zero-order valence-electron chi connectivity index (χ0n) is 11.0. The van der Waals surface area contributed by atoms with Crippen LogP contribution in [0.4, 0.5) is 0 Å². The van der Waals surface area contributed by atoms with Gasteiger partial charge in [0.2, 0.25) is 0 Å². The molecule has 0 aliphatic rings. The molecule has 0 aromatic heterocycles. The van der Waals surface area contributed by atoms with Crippen LogP contribution in [0.2, 0.25) is 0 Å². The van der Waals surface area contributed by atoms with Gasteiger partial charge in [0.25, 0.3) is 0 Å². The summed E-state index contributed by atoms with van der Waals surface area (Å²) in [5.41, 5.74) is 7.82. The second-order valence-electron chi connectivity index (χ2n) is 3.82. The van der Waals surface area contributed by atoms with Gasteiger partial charge in [-0.2, -0.15) is 5.26 Å². The molecule has 0 atom stereocenters. The lowest BCUT2D eigenvalue weighted by atomic mass is 10.0. The van der Waals surface area contributed by atoms with E-state index in [1.54, 1.807) is 32.4 Å². The molecule has 0 amide bonds. The van der Waals surface area contributed by atoms with Crippen molar-refractivity contribution < 1.29 is 9.47 Å². The maximum Gasteiger partial charge on any atom is 0.131 e. The Kier molecular flexibility index (Phi) is 5.06. The molecule has 1 aromatic carbocycles. The van der Waals surface area contributed by atoms with Crippen LogP contribution in [0.5, 0.6) is 11.5 Å². The van der Waals surface area contributed by atoms with Crippen LogP contribution < -0.4 is 15.2 Å². The maximum absolute atomic E-state index is 9.10. The van der Waals surface area contributed by atoms with Gasteiger partial charge < -0.3 is 15.2 Å². The molecule has 0 unspecified atom stereocenters. The van der Waals surface area contributed by atoms with Crippen molar-refractivity contribution >= 4 is 5.70 Å². The lowest BCUT2D eigenvalue weighted by molar-refractivity contribution is 0.393. The summed E-state index contributed by atoms with van der Waals surface area (Å²) in [6.45, 7) is 2.01. The molecular formula is C14H18N2O2. The molecule has 0 radical (unpaired) electrons. The van der Waals surface area contributed by atoms with Crippen molar-refractivity contribution in [1.29, 1.82) is 5.26 Å². The number of hydrogen-bond donors (Lipinski definition) is 1. The number of ether oxygens (including phenoxy) is 2. The molecular weight excluding hydrogens is 228 g/mol. The molecule has 0 saturated heterocycles. The first-order valence-corrected chi connectivity index (χ1v) is 5.79. The standard InChI is InChI=1S/C14H18N2O2/c1-4-5-10(9-15)14(16)12-7-6-11(17-2)8-13(12)18-3/h6-8H,4-5,16H2,1-3H3/b14-10-. The average molecular weight is 246 g/mol. The molecule has 0 bridgehead atoms. The third-order valence-electron chi connectivity index (χ3n) is 2.66. The number of nitrogens with zero attached hydrogens (tertiary/aromatic N) is 1. The highest BCUT2D eigenvalue weighted by Crippen LogP contribution is 2.30. The summed E-state index contributed by atoms with van der Waals surface area (Å²) in [6.07, 6.45) is 1.54. The van der Waals surface area contributed by atoms with E-state index in [2.05, 4.69) is 6.07 Å². The van der Waals surface area contributed by atoms with Crippen LogP contribution in [0.15, 0.2) is 23.8 Å². The second-order valence-corrected chi connectivity index (χ2v) is 3.82. The Balaban J connectivity index is 3.28. The van der Waals surface area contributed by atoms with Crippen molar-refractivity contribution in [3.05, 3.63) is 29.3 Å². The van der Waals surface area contributed by atoms with E-state index in [0.29, 0.717) is 29.2 Å². The number of nitrogens with two attached hydrogens (primary N) is 1. The van der Waals surface area contributed by atoms with Gasteiger partial charge in [0.05, 0.1) is 31.6 Å². The third kappa shape index (κ3) is 2.95. The van der Waals surface area contributed by atoms with E-state index < -0.39 is 0 Å². The molecule has 1 aromatic rings. The lowest BCUT2D eigenvalue weighted by Gasteiger charge is -2.12. The fraction of sp³-hybridized carbons (Fsp3) is 0.357. The van der Waals surface area contributed by atoms with Crippen molar-refractivity contribution in [2.45, 2.75) is 19.8 Å². The highest BCUT2D eigenvalue weighted by Gasteiger charge is 2.11. The first-order valence-electron chi connectivity index (χ1n) is 5.79. The predicted molar refractivity (Wildman–Crippen MR) is 71.2 cm³/mol. The Bertz CT molecular complexity index is 487. The fourth-order valence-corrected chi connectivity index (χ4v) is 1.68. The van der Waals surface area contributed by atoms with Crippen molar-refractivity contribution in [2.24, 2.45) is 5.73 Å². The molecule has 0 aliphatic carbocycles. The lowest BCUT2D eigenvalue weighted by Crippen LogP contribution is -2.03. The molecule has 4 nitrogen and oxygen atoms in total. The van der Waals surface area contributed by atoms with E-state index in [0.717, 1.165) is 12.0 Å². The fourth-order valence-electron chi connectivity index (χ4n) is 1.68. The monoisotopic (exact) mass is 246 g/mol. The number of nitriles is 1. The Morgan fingerprint density at radius 1 is 1.33 bits per heavy atom. The van der Waals surface area contributed by atoms with Crippen molar-refractivity contribution in [3.8, 4) is 17.6 Å². The number of allylic oxidation sites excluding steroid dienone is 1. The first kappa shape index (κ1) is 13.9. The van der Waals surface area contributed by atoms with Gasteiger partial charge in [-0.1, -0.05) is 13.3 Å². The molecule has 2 N–H and O–H groups in total. The van der Waals surface area contributed by atoms with E-state index in [9.17, 15) is 0 Å². The van der Waals surface area contributed by atoms with Crippen LogP contribution in [-0.4, -0.2) is 14.2 Å². The van der Waals surface area contributed by atoms with Gasteiger partial charge in [0.15, 0.2) is 0 Å². The van der Waals surface area contributed by atoms with E-state index in [1.165, 1.54) is 0 Å². The number of rotatable bonds is 5. The number of benzene rings is 1. The van der Waals surface area contributed by atoms with Crippen molar-refractivity contribution in [1.82, 2.24) is 0 Å². The highest BCUT2D eigenvalue weighted by atomic mass is 16.5. The van der Waals surface area contributed by atoms with Crippen LogP contribution in [-0.2, 0) is 0 Å². The van der Waals surface area contributed by atoms with E-state index in [1.807, 2.05) is 6.92 Å². The van der Waals surface area contributed by atoms with Gasteiger partial charge in [0, 0.05) is 11.6 Å². The van der Waals surface area contributed by atoms with Gasteiger partial charge in [0.1, 0.15) is 11.5 Å². The molecule has 0 aliphatic heterocycles. The molecule has 0 saturated carbocycles. The third-order valence-corrected chi connectivity index (χ3v) is 2.66. The highest BCUT2D eigenvalue weighted by molar-refractivity contribution is 5.73. The van der Waals surface area contributed by atoms with E-state index in [4.69, 9.17) is 20.5 Å². The van der Waals surface area contributed by atoms with Gasteiger partial charge in [-0.25, -0.2) is 0 Å². The number of hydrogen-bond acceptors (Lipinski definition) is 4. The van der Waals surface area contributed by atoms with Crippen molar-refractivity contribution in [2.75, 3.05) is 14.2 Å². The van der Waals surface area contributed by atoms with Gasteiger partial charge in [-0.3, -0.25) is 0 Å². The average Bonchev–Trinajstić information content (AvgIpc) is 2.43. The quantitative estimate of drug-likeness (QED) is 0.811. The van der Waals surface area contributed by atoms with Crippen LogP contribution >= 0.6 is 0 Å². The largest absolute Gasteiger partial charge is 0.497 e. The summed E-state index contributed by atoms with van der Waals surface area (Å²) in [6, 6.07) is 7.50. The molecule has 0 heterocycles. The van der Waals surface area contributed by atoms with E-state index >= 15 is 0 Å². The first-order chi connectivity index (χ1) is 8.67. The summed E-state index contributed by atoms with van der Waals surface area (Å²) < 4.78 is 10.4. The molecule has 0 spiro atoms. The van der Waals surface area contributed by atoms with E-state index in [-0.39, 0.29) is 0 Å². The molecule has 18 heavy (non-hydrogen) atoms. The van der Waals surface area contributed by atoms with Crippen molar-refractivity contribution in [3.63, 3.8) is 0 Å². The maximum atomic E-state index is 9.10. The topological polar surface area (TPSA) is 68.3 Å². The molecule has 4 heteroatoms. The zero-order valence-corrected chi connectivity index (χ0v) is 11.0.